The Bertz CT molecular complexity index is 1000. The Balaban J connectivity index is 1.33. The van der Waals surface area contributed by atoms with Crippen molar-refractivity contribution in [3.8, 4) is 16.9 Å². The molecule has 2 aromatic carbocycles. The molecule has 2 aliphatic carbocycles. The molecule has 0 saturated heterocycles. The SMILES string of the molecule is CC12CC=C(COc3ccc(-c4ccc(COP(=O)(O)[OH2+])cc4)cc3)C=C1C2O. The Morgan fingerprint density at radius 1 is 1.10 bits per heavy atom. The summed E-state index contributed by atoms with van der Waals surface area (Å²) in [5.74, 6) is 0.775. The van der Waals surface area contributed by atoms with Crippen LogP contribution >= 0.6 is 7.82 Å². The smallest absolute Gasteiger partial charge is 0.489 e. The van der Waals surface area contributed by atoms with Gasteiger partial charge in [0.1, 0.15) is 12.4 Å². The van der Waals surface area contributed by atoms with Gasteiger partial charge in [-0.2, -0.15) is 4.57 Å². The van der Waals surface area contributed by atoms with Crippen molar-refractivity contribution in [1.82, 2.24) is 0 Å². The highest BCUT2D eigenvalue weighted by Crippen LogP contribution is 2.57. The average molecular weight is 415 g/mol. The molecule has 0 bridgehead atoms. The fourth-order valence-corrected chi connectivity index (χ4v) is 3.86. The number of ether oxygens (including phenoxy) is 1. The van der Waals surface area contributed by atoms with E-state index in [1.165, 1.54) is 0 Å². The summed E-state index contributed by atoms with van der Waals surface area (Å²) < 4.78 is 21.4. The van der Waals surface area contributed by atoms with Gasteiger partial charge in [0.25, 0.3) is 0 Å². The minimum Gasteiger partial charge on any atom is -0.489 e. The van der Waals surface area contributed by atoms with Crippen molar-refractivity contribution in [3.63, 3.8) is 0 Å². The van der Waals surface area contributed by atoms with Gasteiger partial charge in [0, 0.05) is 5.41 Å². The number of benzene rings is 2. The number of hydrogen-bond donors (Lipinski definition) is 2. The second-order valence-corrected chi connectivity index (χ2v) is 9.01. The van der Waals surface area contributed by atoms with E-state index < -0.39 is 7.82 Å². The summed E-state index contributed by atoms with van der Waals surface area (Å²) in [7, 11) is -4.22. The third-order valence-electron chi connectivity index (χ3n) is 5.56. The zero-order valence-corrected chi connectivity index (χ0v) is 16.9. The van der Waals surface area contributed by atoms with Crippen molar-refractivity contribution in [3.05, 3.63) is 77.4 Å². The minimum absolute atomic E-state index is 0.0498. The molecule has 0 amide bonds. The summed E-state index contributed by atoms with van der Waals surface area (Å²) in [5.41, 5.74) is 4.89. The van der Waals surface area contributed by atoms with E-state index in [9.17, 15) is 9.67 Å². The van der Waals surface area contributed by atoms with Crippen LogP contribution in [0.25, 0.3) is 11.1 Å². The molecule has 7 heteroatoms. The lowest BCUT2D eigenvalue weighted by Gasteiger charge is -2.13. The maximum Gasteiger partial charge on any atom is 0.631 e. The van der Waals surface area contributed by atoms with Gasteiger partial charge in [-0.25, -0.2) is 4.52 Å². The van der Waals surface area contributed by atoms with Crippen LogP contribution in [0.3, 0.4) is 0 Å². The fourth-order valence-electron chi connectivity index (χ4n) is 3.53. The summed E-state index contributed by atoms with van der Waals surface area (Å²) in [6, 6.07) is 15.2. The van der Waals surface area contributed by atoms with Crippen LogP contribution in [0.1, 0.15) is 18.9 Å². The molecule has 2 aliphatic rings. The van der Waals surface area contributed by atoms with Crippen LogP contribution in [0.5, 0.6) is 5.75 Å². The molecule has 0 heterocycles. The molecule has 0 radical (unpaired) electrons. The van der Waals surface area contributed by atoms with E-state index in [1.807, 2.05) is 42.5 Å². The highest BCUT2D eigenvalue weighted by Gasteiger charge is 2.55. The predicted octanol–water partition coefficient (Wildman–Crippen LogP) is 3.71. The van der Waals surface area contributed by atoms with Gasteiger partial charge in [-0.15, -0.1) is 0 Å². The third kappa shape index (κ3) is 4.53. The monoisotopic (exact) mass is 415 g/mol. The Morgan fingerprint density at radius 2 is 1.72 bits per heavy atom. The second kappa shape index (κ2) is 7.56. The van der Waals surface area contributed by atoms with Gasteiger partial charge in [0.2, 0.25) is 0 Å². The lowest BCUT2D eigenvalue weighted by atomic mass is 9.97. The van der Waals surface area contributed by atoms with Crippen LogP contribution in [-0.4, -0.2) is 27.6 Å². The lowest BCUT2D eigenvalue weighted by molar-refractivity contribution is 0.189. The lowest BCUT2D eigenvalue weighted by Crippen LogP contribution is -2.05. The Hall–Kier alpha value is -2.21. The molecule has 4 N–H and O–H groups in total. The van der Waals surface area contributed by atoms with Gasteiger partial charge < -0.3 is 14.7 Å². The first-order valence-corrected chi connectivity index (χ1v) is 11.0. The van der Waals surface area contributed by atoms with E-state index >= 15 is 0 Å². The maximum atomic E-state index is 10.9. The van der Waals surface area contributed by atoms with E-state index in [-0.39, 0.29) is 18.1 Å². The summed E-state index contributed by atoms with van der Waals surface area (Å²) in [6.45, 7) is 2.48. The molecular formula is C22H24O6P+. The summed E-state index contributed by atoms with van der Waals surface area (Å²) in [4.78, 5) is 15.7. The number of allylic oxidation sites excluding steroid dienone is 1. The Labute approximate surface area is 169 Å². The molecule has 29 heavy (non-hydrogen) atoms. The second-order valence-electron chi connectivity index (χ2n) is 7.71. The molecule has 152 valence electrons. The number of aliphatic hydroxyl groups excluding tert-OH is 1. The Morgan fingerprint density at radius 3 is 2.31 bits per heavy atom. The number of rotatable bonds is 7. The molecule has 0 spiro atoms. The molecule has 0 aromatic heterocycles. The van der Waals surface area contributed by atoms with Crippen molar-refractivity contribution in [1.29, 1.82) is 0 Å². The molecule has 3 atom stereocenters. The molecule has 3 unspecified atom stereocenters. The first-order valence-electron chi connectivity index (χ1n) is 9.38. The largest absolute Gasteiger partial charge is 0.631 e. The van der Waals surface area contributed by atoms with E-state index in [4.69, 9.17) is 14.5 Å². The maximum absolute atomic E-state index is 10.9. The molecule has 1 saturated carbocycles. The first kappa shape index (κ1) is 20.1. The van der Waals surface area contributed by atoms with Crippen molar-refractivity contribution in [2.45, 2.75) is 26.1 Å². The van der Waals surface area contributed by atoms with Crippen LogP contribution in [0, 0.1) is 5.41 Å². The van der Waals surface area contributed by atoms with Crippen molar-refractivity contribution in [2.24, 2.45) is 5.41 Å². The van der Waals surface area contributed by atoms with Crippen molar-refractivity contribution in [2.75, 3.05) is 6.61 Å². The molecule has 1 fully saturated rings. The third-order valence-corrected chi connectivity index (χ3v) is 6.04. The van der Waals surface area contributed by atoms with Crippen LogP contribution in [0.4, 0.5) is 0 Å². The highest BCUT2D eigenvalue weighted by molar-refractivity contribution is 7.46. The van der Waals surface area contributed by atoms with Crippen LogP contribution in [0.15, 0.2) is 71.8 Å². The van der Waals surface area contributed by atoms with Gasteiger partial charge in [0.15, 0.2) is 0 Å². The number of hydrogen-bond acceptors (Lipinski definition) is 4. The molecule has 0 aliphatic heterocycles. The average Bonchev–Trinajstić information content (AvgIpc) is 3.25. The van der Waals surface area contributed by atoms with Crippen LogP contribution in [0.2, 0.25) is 0 Å². The van der Waals surface area contributed by atoms with Crippen molar-refractivity contribution < 1.29 is 28.7 Å². The van der Waals surface area contributed by atoms with Gasteiger partial charge in [-0.05, 0) is 46.4 Å². The summed E-state index contributed by atoms with van der Waals surface area (Å²) in [6.07, 6.45) is 4.73. The molecule has 6 nitrogen and oxygen atoms in total. The van der Waals surface area contributed by atoms with Crippen LogP contribution < -0.4 is 4.74 Å². The van der Waals surface area contributed by atoms with E-state index in [0.29, 0.717) is 6.61 Å². The first-order chi connectivity index (χ1) is 13.7. The normalized spacial score (nSPS) is 24.8. The van der Waals surface area contributed by atoms with E-state index in [2.05, 4.69) is 17.5 Å². The zero-order chi connectivity index (χ0) is 20.6. The highest BCUT2D eigenvalue weighted by atomic mass is 31.2. The molecule has 2 aromatic rings. The predicted molar refractivity (Wildman–Crippen MR) is 110 cm³/mol. The van der Waals surface area contributed by atoms with Crippen LogP contribution in [-0.2, 0) is 15.7 Å². The zero-order valence-electron chi connectivity index (χ0n) is 16.0. The van der Waals surface area contributed by atoms with Gasteiger partial charge in [-0.3, -0.25) is 4.89 Å². The standard InChI is InChI=1S/C22H23O6P/c1-22-11-10-16(12-20(22)21(22)23)13-27-19-8-6-18(7-9-19)17-4-2-15(3-5-17)14-28-29(24,25)26/h2-10,12,21,23H,11,13-14H2,1H3,(H2,24,25,26)/p+1. The molecular weight excluding hydrogens is 391 g/mol. The number of aliphatic hydroxyl groups is 1. The van der Waals surface area contributed by atoms with Crippen molar-refractivity contribution >= 4 is 7.82 Å². The molecule has 4 rings (SSSR count). The Kier molecular flexibility index (Phi) is 5.23. The van der Waals surface area contributed by atoms with Gasteiger partial charge in [-0.1, -0.05) is 55.5 Å². The van der Waals surface area contributed by atoms with E-state index in [0.717, 1.165) is 40.0 Å². The number of fused-ring (bicyclic) bond motifs is 1. The topological polar surface area (TPSA) is 98.9 Å². The quantitative estimate of drug-likeness (QED) is 0.531. The summed E-state index contributed by atoms with van der Waals surface area (Å²) in [5, 5.41) is 9.93. The van der Waals surface area contributed by atoms with Gasteiger partial charge in [0.05, 0.1) is 12.7 Å². The van der Waals surface area contributed by atoms with Gasteiger partial charge >= 0.3 is 7.82 Å². The fraction of sp³-hybridized carbons (Fsp3) is 0.273. The van der Waals surface area contributed by atoms with E-state index in [1.54, 1.807) is 12.1 Å². The minimum atomic E-state index is -4.22. The summed E-state index contributed by atoms with van der Waals surface area (Å²) >= 11 is 0.